The van der Waals surface area contributed by atoms with E-state index in [2.05, 4.69) is 280 Å². The SMILES string of the molecule is c1ccc2c(c1)Oc1ccc(-c3ccccc3N3c4cccc5c4B(c4cc6c7c(c43)CCCN7CCC6)c3cc4c6c(c3N5c3ccccc3-c3ccc5c(c3)C3(c7ccccc7O5)c5ccccc5-c5ccccc53)CCCN6CCC4)cc1C21c2ccccc2-c2ccccc21. The van der Waals surface area contributed by atoms with Crippen molar-refractivity contribution in [2.45, 2.75) is 62.2 Å². The van der Waals surface area contributed by atoms with Crippen LogP contribution in [0.2, 0.25) is 0 Å². The third kappa shape index (κ3) is 7.07. The van der Waals surface area contributed by atoms with Gasteiger partial charge in [-0.05, 0) is 206 Å². The molecule has 13 aromatic rings. The van der Waals surface area contributed by atoms with Gasteiger partial charge >= 0.3 is 0 Å². The molecule has 8 heterocycles. The lowest BCUT2D eigenvalue weighted by Crippen LogP contribution is -2.62. The summed E-state index contributed by atoms with van der Waals surface area (Å²) in [5.41, 5.74) is 39.4. The van der Waals surface area contributed by atoms with E-state index in [0.29, 0.717) is 0 Å². The predicted molar refractivity (Wildman–Crippen MR) is 404 cm³/mol. The Morgan fingerprint density at radius 2 is 0.626 bits per heavy atom. The maximum Gasteiger partial charge on any atom is 0.252 e. The molecule has 470 valence electrons. The third-order valence-electron chi connectivity index (χ3n) is 24.6. The van der Waals surface area contributed by atoms with E-state index < -0.39 is 10.8 Å². The van der Waals surface area contributed by atoms with Gasteiger partial charge in [-0.15, -0.1) is 0 Å². The van der Waals surface area contributed by atoms with Crippen LogP contribution in [0.15, 0.2) is 261 Å². The summed E-state index contributed by atoms with van der Waals surface area (Å²) in [4.78, 5) is 11.1. The smallest absolute Gasteiger partial charge is 0.252 e. The molecule has 0 unspecified atom stereocenters. The summed E-state index contributed by atoms with van der Waals surface area (Å²) in [5.74, 6) is 3.60. The second kappa shape index (κ2) is 20.2. The van der Waals surface area contributed by atoms with E-state index in [9.17, 15) is 0 Å². The standard InChI is InChI=1S/C92H67BN4O2/c1-7-32-68-62(26-1)63-27-2-8-33-69(63)91(68)72-36-11-15-42-82(72)98-84-46-44-56(52-74(84)91)60-24-5-13-38-78(60)96-80-40-17-41-81-86(80)93(76-54-58-22-18-48-94-50-20-30-66(87(58)94)89(76)96)77-55-59-23-19-49-95-51-21-31-67(88(59)95)90(77)97(81)79-39-14-6-25-61(79)57-45-47-85-75(53-57)92(73-37-12-16-43-83(73)99-85)70-34-9-3-28-64(70)65-29-4-10-35-71(65)92/h1-17,24-29,32-47,52-55H,18-23,30-31,48-51H2. The van der Waals surface area contributed by atoms with Crippen LogP contribution in [0.1, 0.15) is 92.4 Å². The maximum atomic E-state index is 7.10. The molecule has 10 aliphatic rings. The fraction of sp³-hybridized carbons (Fsp3) is 0.152. The number of anilines is 8. The first-order valence-corrected chi connectivity index (χ1v) is 36.1. The van der Waals surface area contributed by atoms with Gasteiger partial charge in [0.15, 0.2) is 0 Å². The van der Waals surface area contributed by atoms with Gasteiger partial charge in [0.1, 0.15) is 23.0 Å². The van der Waals surface area contributed by atoms with Crippen molar-refractivity contribution in [2.24, 2.45) is 0 Å². The molecule has 13 aromatic carbocycles. The van der Waals surface area contributed by atoms with Gasteiger partial charge in [-0.1, -0.05) is 200 Å². The monoisotopic (exact) mass is 1270 g/mol. The summed E-state index contributed by atoms with van der Waals surface area (Å²) in [5, 5.41) is 0. The fourth-order valence-corrected chi connectivity index (χ4v) is 21.0. The molecule has 0 saturated carbocycles. The largest absolute Gasteiger partial charge is 0.457 e. The summed E-state index contributed by atoms with van der Waals surface area (Å²) in [6.07, 6.45) is 8.84. The molecule has 7 heteroatoms. The van der Waals surface area contributed by atoms with Gasteiger partial charge in [-0.3, -0.25) is 0 Å². The van der Waals surface area contributed by atoms with Gasteiger partial charge < -0.3 is 29.1 Å². The third-order valence-corrected chi connectivity index (χ3v) is 24.6. The number of para-hydroxylation sites is 4. The fourth-order valence-electron chi connectivity index (χ4n) is 21.0. The quantitative estimate of drug-likeness (QED) is 0.163. The van der Waals surface area contributed by atoms with Crippen molar-refractivity contribution in [1.82, 2.24) is 0 Å². The Labute approximate surface area is 577 Å². The van der Waals surface area contributed by atoms with Gasteiger partial charge in [-0.25, -0.2) is 0 Å². The minimum atomic E-state index is -0.603. The van der Waals surface area contributed by atoms with Crippen molar-refractivity contribution in [3.05, 3.63) is 328 Å². The van der Waals surface area contributed by atoms with E-state index in [1.54, 1.807) is 0 Å². The number of nitrogens with zero attached hydrogens (tertiary/aromatic N) is 4. The van der Waals surface area contributed by atoms with Crippen LogP contribution >= 0.6 is 0 Å². The Kier molecular flexibility index (Phi) is 11.2. The molecule has 0 saturated heterocycles. The van der Waals surface area contributed by atoms with Crippen molar-refractivity contribution in [3.63, 3.8) is 0 Å². The first-order valence-electron chi connectivity index (χ1n) is 36.1. The van der Waals surface area contributed by atoms with Crippen LogP contribution in [-0.4, -0.2) is 32.9 Å². The Balaban J connectivity index is 0.772. The molecule has 0 atom stereocenters. The van der Waals surface area contributed by atoms with Gasteiger partial charge in [0.25, 0.3) is 6.71 Å². The summed E-state index contributed by atoms with van der Waals surface area (Å²) in [6, 6.07) is 99.7. The van der Waals surface area contributed by atoms with Crippen LogP contribution < -0.4 is 45.5 Å². The first-order chi connectivity index (χ1) is 49.1. The van der Waals surface area contributed by atoms with Crippen molar-refractivity contribution in [1.29, 1.82) is 0 Å². The number of ether oxygens (including phenoxy) is 2. The van der Waals surface area contributed by atoms with E-state index >= 15 is 0 Å². The van der Waals surface area contributed by atoms with Crippen LogP contribution in [0.3, 0.4) is 0 Å². The van der Waals surface area contributed by atoms with E-state index in [1.807, 2.05) is 0 Å². The predicted octanol–water partition coefficient (Wildman–Crippen LogP) is 19.4. The van der Waals surface area contributed by atoms with Crippen molar-refractivity contribution in [2.75, 3.05) is 45.8 Å². The normalized spacial score (nSPS) is 16.8. The second-order valence-electron chi connectivity index (χ2n) is 29.1. The summed E-state index contributed by atoms with van der Waals surface area (Å²) in [7, 11) is 0. The van der Waals surface area contributed by atoms with Crippen LogP contribution in [0.5, 0.6) is 23.0 Å². The number of hydrogen-bond donors (Lipinski definition) is 0. The highest BCUT2D eigenvalue weighted by atomic mass is 16.5. The summed E-state index contributed by atoms with van der Waals surface area (Å²) < 4.78 is 14.2. The van der Waals surface area contributed by atoms with E-state index in [0.717, 1.165) is 98.8 Å². The summed E-state index contributed by atoms with van der Waals surface area (Å²) >= 11 is 0. The molecule has 0 N–H and O–H groups in total. The number of rotatable bonds is 4. The zero-order valence-electron chi connectivity index (χ0n) is 55.0. The average Bonchev–Trinajstić information content (AvgIpc) is 1.63. The Hall–Kier alpha value is -11.3. The molecule has 0 amide bonds. The van der Waals surface area contributed by atoms with Crippen LogP contribution in [0.4, 0.5) is 45.5 Å². The number of fused-ring (bicyclic) bond motifs is 24. The Morgan fingerprint density at radius 1 is 0.283 bits per heavy atom. The van der Waals surface area contributed by atoms with Gasteiger partial charge in [0.2, 0.25) is 0 Å². The van der Waals surface area contributed by atoms with Crippen molar-refractivity contribution >= 4 is 68.6 Å². The van der Waals surface area contributed by atoms with Crippen LogP contribution in [-0.2, 0) is 36.5 Å². The van der Waals surface area contributed by atoms with Crippen molar-refractivity contribution in [3.8, 4) is 67.5 Å². The van der Waals surface area contributed by atoms with Crippen LogP contribution in [0.25, 0.3) is 44.5 Å². The molecule has 0 radical (unpaired) electrons. The molecule has 99 heavy (non-hydrogen) atoms. The highest BCUT2D eigenvalue weighted by Crippen LogP contribution is 2.65. The molecule has 8 aliphatic heterocycles. The molecular formula is C92H67BN4O2. The topological polar surface area (TPSA) is 31.4 Å². The van der Waals surface area contributed by atoms with E-state index in [1.165, 1.54) is 175 Å². The van der Waals surface area contributed by atoms with Gasteiger partial charge in [0.05, 0.1) is 22.2 Å². The van der Waals surface area contributed by atoms with Crippen molar-refractivity contribution < 1.29 is 9.47 Å². The summed E-state index contributed by atoms with van der Waals surface area (Å²) in [6.45, 7) is 4.39. The zero-order chi connectivity index (χ0) is 64.4. The molecule has 0 aromatic heterocycles. The Bertz CT molecular complexity index is 5310. The maximum absolute atomic E-state index is 7.10. The lowest BCUT2D eigenvalue weighted by molar-refractivity contribution is 0.436. The molecule has 0 bridgehead atoms. The minimum absolute atomic E-state index is 0.0163. The Morgan fingerprint density at radius 3 is 1.05 bits per heavy atom. The molecule has 0 fully saturated rings. The lowest BCUT2D eigenvalue weighted by atomic mass is 9.32. The number of benzene rings is 13. The average molecular weight is 1270 g/mol. The number of aryl methyl sites for hydroxylation is 2. The lowest BCUT2D eigenvalue weighted by Gasteiger charge is -2.49. The molecule has 23 rings (SSSR count). The first kappa shape index (κ1) is 54.8. The van der Waals surface area contributed by atoms with E-state index in [-0.39, 0.29) is 6.71 Å². The van der Waals surface area contributed by atoms with E-state index in [4.69, 9.17) is 9.47 Å². The molecular weight excluding hydrogens is 1200 g/mol. The van der Waals surface area contributed by atoms with Gasteiger partial charge in [0, 0.05) is 93.7 Å². The number of hydrogen-bond acceptors (Lipinski definition) is 6. The molecule has 2 aliphatic carbocycles. The molecule has 6 nitrogen and oxygen atoms in total. The second-order valence-corrected chi connectivity index (χ2v) is 29.1. The molecule has 2 spiro atoms. The van der Waals surface area contributed by atoms with Crippen LogP contribution in [0, 0.1) is 0 Å². The highest BCUT2D eigenvalue weighted by molar-refractivity contribution is 7.00. The van der Waals surface area contributed by atoms with Gasteiger partial charge in [-0.2, -0.15) is 0 Å². The minimum Gasteiger partial charge on any atom is -0.457 e. The zero-order valence-corrected chi connectivity index (χ0v) is 55.0. The highest BCUT2D eigenvalue weighted by Gasteiger charge is 2.54.